The molecule has 0 fully saturated rings. The van der Waals surface area contributed by atoms with Crippen LogP contribution in [0.3, 0.4) is 0 Å². The van der Waals surface area contributed by atoms with E-state index in [2.05, 4.69) is 20.3 Å². The highest BCUT2D eigenvalue weighted by Gasteiger charge is 2.31. The molecule has 2 N–H and O–H groups in total. The van der Waals surface area contributed by atoms with Gasteiger partial charge in [-0.1, -0.05) is 17.7 Å². The number of nitrogens with one attached hydrogen (secondary N) is 1. The minimum atomic E-state index is -0.494. The van der Waals surface area contributed by atoms with Crippen molar-refractivity contribution in [3.05, 3.63) is 77.7 Å². The van der Waals surface area contributed by atoms with Gasteiger partial charge < -0.3 is 10.4 Å². The Morgan fingerprint density at radius 2 is 2.00 bits per heavy atom. The van der Waals surface area contributed by atoms with Gasteiger partial charge in [0.25, 0.3) is 11.3 Å². The molecule has 4 aromatic heterocycles. The van der Waals surface area contributed by atoms with E-state index < -0.39 is 5.91 Å². The van der Waals surface area contributed by atoms with Crippen LogP contribution in [0.5, 0.6) is 5.88 Å². The molecule has 0 aliphatic heterocycles. The number of halogens is 1. The van der Waals surface area contributed by atoms with Gasteiger partial charge in [-0.05, 0) is 18.2 Å². The quantitative estimate of drug-likeness (QED) is 0.527. The van der Waals surface area contributed by atoms with E-state index in [-0.39, 0.29) is 11.6 Å². The molecule has 0 aromatic carbocycles. The summed E-state index contributed by atoms with van der Waals surface area (Å²) in [6, 6.07) is 8.62. The summed E-state index contributed by atoms with van der Waals surface area (Å²) in [5.74, 6) is -0.333. The van der Waals surface area contributed by atoms with Crippen LogP contribution in [-0.2, 0) is 6.54 Å². The largest absolute Gasteiger partial charge is 0.474 e. The van der Waals surface area contributed by atoms with Crippen LogP contribution in [0, 0.1) is 0 Å². The van der Waals surface area contributed by atoms with E-state index in [1.54, 1.807) is 51.8 Å². The van der Waals surface area contributed by atoms with Crippen molar-refractivity contribution in [2.75, 3.05) is 5.32 Å². The van der Waals surface area contributed by atoms with E-state index in [1.807, 2.05) is 6.07 Å². The molecule has 27 heavy (non-hydrogen) atoms. The second kappa shape index (κ2) is 7.00. The zero-order valence-corrected chi connectivity index (χ0v) is 14.7. The number of rotatable bonds is 4. The SMILES string of the molecule is O=C(Nc1ccc(Cl)cn1)c1c(O)n(Cc2cncnc2)c2cccc[n+]12. The van der Waals surface area contributed by atoms with Gasteiger partial charge in [-0.15, -0.1) is 0 Å². The van der Waals surface area contributed by atoms with Crippen LogP contribution >= 0.6 is 11.6 Å². The number of imidazole rings is 1. The van der Waals surface area contributed by atoms with Crippen molar-refractivity contribution < 1.29 is 14.3 Å². The van der Waals surface area contributed by atoms with Crippen LogP contribution in [-0.4, -0.2) is 30.5 Å². The summed E-state index contributed by atoms with van der Waals surface area (Å²) < 4.78 is 3.23. The molecule has 4 aromatic rings. The predicted octanol–water partition coefficient (Wildman–Crippen LogP) is 2.07. The Morgan fingerprint density at radius 3 is 2.74 bits per heavy atom. The number of amides is 1. The molecule has 8 nitrogen and oxygen atoms in total. The predicted molar refractivity (Wildman–Crippen MR) is 97.6 cm³/mol. The first-order valence-corrected chi connectivity index (χ1v) is 8.40. The number of fused-ring (bicyclic) bond motifs is 1. The molecular formula is C18H14ClN6O2+. The van der Waals surface area contributed by atoms with Crippen LogP contribution in [0.4, 0.5) is 5.82 Å². The highest BCUT2D eigenvalue weighted by Crippen LogP contribution is 2.21. The first-order chi connectivity index (χ1) is 13.1. The number of aromatic hydroxyl groups is 1. The summed E-state index contributed by atoms with van der Waals surface area (Å²) >= 11 is 5.82. The molecule has 0 bridgehead atoms. The molecule has 0 aliphatic rings. The monoisotopic (exact) mass is 381 g/mol. The second-order valence-electron chi connectivity index (χ2n) is 5.75. The number of hydrogen-bond acceptors (Lipinski definition) is 5. The molecule has 1 amide bonds. The minimum absolute atomic E-state index is 0.0965. The number of aromatic nitrogens is 5. The maximum Gasteiger partial charge on any atom is 0.337 e. The number of pyridine rings is 2. The topological polar surface area (TPSA) is 97.0 Å². The van der Waals surface area contributed by atoms with E-state index in [0.29, 0.717) is 23.0 Å². The number of anilines is 1. The number of carbonyl (C=O) groups excluding carboxylic acids is 1. The van der Waals surface area contributed by atoms with Gasteiger partial charge in [-0.2, -0.15) is 8.97 Å². The lowest BCUT2D eigenvalue weighted by Crippen LogP contribution is -2.30. The fourth-order valence-electron chi connectivity index (χ4n) is 2.77. The van der Waals surface area contributed by atoms with Crippen LogP contribution in [0.15, 0.2) is 61.4 Å². The molecule has 4 rings (SSSR count). The lowest BCUT2D eigenvalue weighted by atomic mass is 10.3. The highest BCUT2D eigenvalue weighted by atomic mass is 35.5. The fourth-order valence-corrected chi connectivity index (χ4v) is 2.89. The first kappa shape index (κ1) is 16.9. The van der Waals surface area contributed by atoms with Crippen molar-refractivity contribution in [3.8, 4) is 5.88 Å². The average Bonchev–Trinajstić information content (AvgIpc) is 2.96. The third-order valence-corrected chi connectivity index (χ3v) is 4.19. The normalized spacial score (nSPS) is 10.9. The Labute approximate surface area is 158 Å². The van der Waals surface area contributed by atoms with Gasteiger partial charge in [0.1, 0.15) is 18.7 Å². The minimum Gasteiger partial charge on any atom is -0.474 e. The molecule has 0 saturated carbocycles. The molecule has 0 aliphatic carbocycles. The van der Waals surface area contributed by atoms with Gasteiger partial charge in [-0.25, -0.2) is 15.0 Å². The van der Waals surface area contributed by atoms with E-state index in [4.69, 9.17) is 11.6 Å². The molecule has 0 spiro atoms. The van der Waals surface area contributed by atoms with Crippen LogP contribution in [0.1, 0.15) is 16.1 Å². The molecule has 0 unspecified atom stereocenters. The summed E-state index contributed by atoms with van der Waals surface area (Å²) in [5.41, 5.74) is 1.53. The third kappa shape index (κ3) is 3.30. The Balaban J connectivity index is 1.75. The number of carbonyl (C=O) groups is 1. The van der Waals surface area contributed by atoms with E-state index in [0.717, 1.165) is 5.56 Å². The van der Waals surface area contributed by atoms with Gasteiger partial charge in [0.05, 0.1) is 11.2 Å². The average molecular weight is 382 g/mol. The Bertz CT molecular complexity index is 1110. The number of hydrogen-bond donors (Lipinski definition) is 2. The Morgan fingerprint density at radius 1 is 1.19 bits per heavy atom. The second-order valence-corrected chi connectivity index (χ2v) is 6.19. The van der Waals surface area contributed by atoms with E-state index >= 15 is 0 Å². The van der Waals surface area contributed by atoms with E-state index in [1.165, 1.54) is 12.5 Å². The molecule has 9 heteroatoms. The smallest absolute Gasteiger partial charge is 0.337 e. The summed E-state index contributed by atoms with van der Waals surface area (Å²) in [6.45, 7) is 0.312. The van der Waals surface area contributed by atoms with Crippen molar-refractivity contribution in [1.82, 2.24) is 19.5 Å². The molecular weight excluding hydrogens is 368 g/mol. The maximum atomic E-state index is 12.8. The Kier molecular flexibility index (Phi) is 4.39. The summed E-state index contributed by atoms with van der Waals surface area (Å²) in [4.78, 5) is 24.8. The Hall–Kier alpha value is -3.52. The van der Waals surface area contributed by atoms with Crippen molar-refractivity contribution >= 4 is 29.0 Å². The van der Waals surface area contributed by atoms with Gasteiger partial charge in [0, 0.05) is 30.2 Å². The first-order valence-electron chi connectivity index (χ1n) is 8.02. The summed E-state index contributed by atoms with van der Waals surface area (Å²) in [7, 11) is 0. The van der Waals surface area contributed by atoms with Crippen molar-refractivity contribution in [3.63, 3.8) is 0 Å². The third-order valence-electron chi connectivity index (χ3n) is 3.96. The molecule has 4 heterocycles. The van der Waals surface area contributed by atoms with Gasteiger partial charge >= 0.3 is 11.8 Å². The maximum absolute atomic E-state index is 12.8. The van der Waals surface area contributed by atoms with E-state index in [9.17, 15) is 9.90 Å². The standard InChI is InChI=1S/C18H13ClN6O2/c19-13-4-5-14(22-9-13)23-17(26)16-18(27)25(10-12-7-20-11-21-8-12)15-3-1-2-6-24(15)16/h1-9,11H,10H2,(H-,22,23,26,27)/p+1. The zero-order valence-electron chi connectivity index (χ0n) is 14.0. The van der Waals surface area contributed by atoms with Gasteiger partial charge in [-0.3, -0.25) is 4.79 Å². The van der Waals surface area contributed by atoms with Crippen LogP contribution in [0.2, 0.25) is 5.02 Å². The van der Waals surface area contributed by atoms with Crippen molar-refractivity contribution in [2.45, 2.75) is 6.54 Å². The van der Waals surface area contributed by atoms with Crippen LogP contribution < -0.4 is 9.72 Å². The van der Waals surface area contributed by atoms with Crippen molar-refractivity contribution in [1.29, 1.82) is 0 Å². The molecule has 0 saturated heterocycles. The van der Waals surface area contributed by atoms with Gasteiger partial charge in [0.15, 0.2) is 0 Å². The van der Waals surface area contributed by atoms with Crippen LogP contribution in [0.25, 0.3) is 5.65 Å². The summed E-state index contributed by atoms with van der Waals surface area (Å²) in [5, 5.41) is 13.9. The molecule has 134 valence electrons. The highest BCUT2D eigenvalue weighted by molar-refractivity contribution is 6.30. The lowest BCUT2D eigenvalue weighted by Gasteiger charge is -2.01. The fraction of sp³-hybridized carbons (Fsp3) is 0.0556. The van der Waals surface area contributed by atoms with Gasteiger partial charge in [0.2, 0.25) is 0 Å². The number of nitrogens with zero attached hydrogens (tertiary/aromatic N) is 5. The zero-order chi connectivity index (χ0) is 18.8. The molecule has 0 radical (unpaired) electrons. The van der Waals surface area contributed by atoms with Crippen molar-refractivity contribution in [2.24, 2.45) is 0 Å². The molecule has 0 atom stereocenters. The lowest BCUT2D eigenvalue weighted by molar-refractivity contribution is -0.513. The summed E-state index contributed by atoms with van der Waals surface area (Å²) in [6.07, 6.45) is 7.89.